The number of alkyl carbamates (subject to hydrolysis) is 1. The smallest absolute Gasteiger partial charge is 0.408 e. The zero-order valence-electron chi connectivity index (χ0n) is 37.3. The number of carbonyl (C=O) groups excluding carboxylic acids is 5. The molecule has 1 fully saturated rings. The summed E-state index contributed by atoms with van der Waals surface area (Å²) in [5, 5.41) is 13.4. The Bertz CT molecular complexity index is 2440. The van der Waals surface area contributed by atoms with Crippen LogP contribution in [0.1, 0.15) is 84.3 Å². The fourth-order valence-corrected chi connectivity index (χ4v) is 7.65. The fourth-order valence-electron chi connectivity index (χ4n) is 7.13. The third kappa shape index (κ3) is 11.6. The second kappa shape index (κ2) is 19.1. The molecule has 19 heteroatoms. The van der Waals surface area contributed by atoms with Crippen molar-refractivity contribution in [1.29, 1.82) is 0 Å². The number of fused-ring (bicyclic) bond motifs is 3. The van der Waals surface area contributed by atoms with Crippen LogP contribution in [0.2, 0.25) is 10.0 Å². The molecule has 0 spiro atoms. The lowest BCUT2D eigenvalue weighted by Crippen LogP contribution is -2.55. The highest BCUT2D eigenvalue weighted by atomic mass is 35.5. The molecule has 2 aliphatic heterocycles. The molecular weight excluding hydrogens is 869 g/mol. The number of rotatable bonds is 12. The third-order valence-corrected chi connectivity index (χ3v) is 10.4. The summed E-state index contributed by atoms with van der Waals surface area (Å²) in [5.74, 6) is -1.19. The minimum Gasteiger partial charge on any atom is -0.496 e. The summed E-state index contributed by atoms with van der Waals surface area (Å²) in [6.07, 6.45) is 1.89. The van der Waals surface area contributed by atoms with E-state index in [0.717, 1.165) is 0 Å². The highest BCUT2D eigenvalue weighted by molar-refractivity contribution is 6.34. The Morgan fingerprint density at radius 1 is 0.906 bits per heavy atom. The van der Waals surface area contributed by atoms with Gasteiger partial charge >= 0.3 is 12.1 Å². The maximum atomic E-state index is 14.3. The van der Waals surface area contributed by atoms with E-state index in [9.17, 15) is 24.0 Å². The van der Waals surface area contributed by atoms with Gasteiger partial charge in [-0.2, -0.15) is 5.10 Å². The van der Waals surface area contributed by atoms with E-state index in [0.29, 0.717) is 80.6 Å². The monoisotopic (exact) mass is 921 g/mol. The number of morpholine rings is 1. The van der Waals surface area contributed by atoms with Gasteiger partial charge in [0.15, 0.2) is 5.69 Å². The largest absolute Gasteiger partial charge is 0.496 e. The van der Waals surface area contributed by atoms with Crippen molar-refractivity contribution in [2.75, 3.05) is 38.7 Å². The van der Waals surface area contributed by atoms with Gasteiger partial charge in [-0.05, 0) is 92.1 Å². The van der Waals surface area contributed by atoms with Crippen LogP contribution in [0.15, 0.2) is 48.8 Å². The maximum Gasteiger partial charge on any atom is 0.408 e. The van der Waals surface area contributed by atoms with E-state index in [4.69, 9.17) is 52.0 Å². The second-order valence-electron chi connectivity index (χ2n) is 17.9. The highest BCUT2D eigenvalue weighted by Gasteiger charge is 2.39. The van der Waals surface area contributed by atoms with Gasteiger partial charge in [-0.25, -0.2) is 14.3 Å². The number of nitrogens with zero attached hydrogens (tertiary/aromatic N) is 4. The Morgan fingerprint density at radius 3 is 2.27 bits per heavy atom. The Hall–Kier alpha value is -5.91. The molecule has 3 N–H and O–H groups in total. The van der Waals surface area contributed by atoms with E-state index >= 15 is 0 Å². The topological polar surface area (TPSA) is 202 Å². The number of esters is 1. The maximum absolute atomic E-state index is 14.3. The summed E-state index contributed by atoms with van der Waals surface area (Å²) in [6.45, 7) is 14.8. The molecule has 6 rings (SSSR count). The molecule has 0 aliphatic carbocycles. The van der Waals surface area contributed by atoms with Gasteiger partial charge in [-0.1, -0.05) is 23.2 Å². The summed E-state index contributed by atoms with van der Waals surface area (Å²) in [5.41, 5.74) is 1.68. The van der Waals surface area contributed by atoms with Gasteiger partial charge in [-0.15, -0.1) is 0 Å². The molecule has 2 aromatic heterocycles. The Labute approximate surface area is 381 Å². The molecule has 0 unspecified atom stereocenters. The van der Waals surface area contributed by atoms with Crippen molar-refractivity contribution >= 4 is 58.7 Å². The van der Waals surface area contributed by atoms with Gasteiger partial charge in [0.2, 0.25) is 11.8 Å². The first-order chi connectivity index (χ1) is 30.0. The lowest BCUT2D eigenvalue weighted by atomic mass is 9.95. The van der Waals surface area contributed by atoms with Crippen molar-refractivity contribution in [3.63, 3.8) is 0 Å². The molecule has 4 aromatic rings. The number of hydrogen-bond donors (Lipinski definition) is 3. The molecule has 2 aromatic carbocycles. The number of nitrogens with one attached hydrogen (secondary N) is 3. The average Bonchev–Trinajstić information content (AvgIpc) is 3.59. The van der Waals surface area contributed by atoms with Crippen LogP contribution in [0.4, 0.5) is 10.5 Å². The number of ether oxygens (including phenoxy) is 5. The van der Waals surface area contributed by atoms with E-state index in [1.807, 2.05) is 19.9 Å². The zero-order chi connectivity index (χ0) is 46.7. The van der Waals surface area contributed by atoms with Crippen LogP contribution in [0.25, 0.3) is 28.1 Å². The molecule has 64 heavy (non-hydrogen) atoms. The third-order valence-electron chi connectivity index (χ3n) is 9.92. The lowest BCUT2D eigenvalue weighted by molar-refractivity contribution is -0.157. The Kier molecular flexibility index (Phi) is 14.2. The van der Waals surface area contributed by atoms with Crippen LogP contribution in [0.5, 0.6) is 11.5 Å². The summed E-state index contributed by atoms with van der Waals surface area (Å²) in [6, 6.07) is 9.11. The molecule has 2 aliphatic rings. The average molecular weight is 923 g/mol. The first-order valence-corrected chi connectivity index (χ1v) is 21.3. The Morgan fingerprint density at radius 2 is 1.61 bits per heavy atom. The van der Waals surface area contributed by atoms with Gasteiger partial charge in [-0.3, -0.25) is 19.4 Å². The van der Waals surface area contributed by atoms with Crippen LogP contribution in [0, 0.1) is 0 Å². The predicted octanol–water partition coefficient (Wildman–Crippen LogP) is 7.13. The van der Waals surface area contributed by atoms with Crippen molar-refractivity contribution in [2.24, 2.45) is 0 Å². The normalized spacial score (nSPS) is 14.8. The number of carbonyl (C=O) groups is 5. The van der Waals surface area contributed by atoms with Gasteiger partial charge in [0.1, 0.15) is 35.3 Å². The molecular formula is C45H53Cl2N7O10. The second-order valence-corrected chi connectivity index (χ2v) is 18.8. The highest BCUT2D eigenvalue weighted by Crippen LogP contribution is 2.47. The fraction of sp³-hybridized carbons (Fsp3) is 0.444. The SMILES string of the molecule is COc1cc2c(cc1-c1cncc(NC(=O)CNC(=O)CC[C@@H](NC(=O)OC(C)(C)C)C(=O)OC(C)(C)C)c1)-c1c(c(C(=O)N3CCOCC3(C)C)nn1-c1cc(Cl)cc(Cl)c1)CO2. The summed E-state index contributed by atoms with van der Waals surface area (Å²) < 4.78 is 30.2. The van der Waals surface area contributed by atoms with E-state index in [1.54, 1.807) is 87.7 Å². The van der Waals surface area contributed by atoms with Gasteiger partial charge < -0.3 is 44.5 Å². The molecule has 17 nitrogen and oxygen atoms in total. The number of amides is 4. The standard InChI is InChI=1S/C45H53Cl2N7O10/c1-43(2,3)63-41(58)33(51-42(59)64-44(4,5)6)10-11-36(55)49-22-37(56)50-28-14-25(20-48-21-28)30-18-31-35(19-34(30)60-9)62-23-32-38(40(57)53-12-13-61-24-45(53,7)8)52-54(39(31)32)29-16-26(46)15-27(47)17-29/h14-21,33H,10-13,22-24H2,1-9H3,(H,49,55)(H,50,56)(H,51,59)/t33-/m1/s1. The number of pyridine rings is 1. The van der Waals surface area contributed by atoms with Crippen molar-refractivity contribution in [1.82, 2.24) is 30.3 Å². The van der Waals surface area contributed by atoms with Gasteiger partial charge in [0.25, 0.3) is 5.91 Å². The molecule has 4 amide bonds. The van der Waals surface area contributed by atoms with Crippen LogP contribution in [0.3, 0.4) is 0 Å². The van der Waals surface area contributed by atoms with Crippen LogP contribution < -0.4 is 25.4 Å². The first-order valence-electron chi connectivity index (χ1n) is 20.6. The number of anilines is 1. The van der Waals surface area contributed by atoms with Gasteiger partial charge in [0, 0.05) is 57.5 Å². The quantitative estimate of drug-likeness (QED) is 0.122. The zero-order valence-corrected chi connectivity index (χ0v) is 38.8. The van der Waals surface area contributed by atoms with Crippen molar-refractivity contribution in [3.05, 3.63) is 70.1 Å². The van der Waals surface area contributed by atoms with Gasteiger partial charge in [0.05, 0.1) is 55.7 Å². The number of hydrogen-bond acceptors (Lipinski definition) is 12. The minimum absolute atomic E-state index is 0.0396. The number of halogens is 2. The number of methoxy groups -OCH3 is 1. The molecule has 0 saturated carbocycles. The summed E-state index contributed by atoms with van der Waals surface area (Å²) >= 11 is 13.0. The van der Waals surface area contributed by atoms with E-state index in [2.05, 4.69) is 20.9 Å². The first kappa shape index (κ1) is 47.6. The van der Waals surface area contributed by atoms with E-state index < -0.39 is 53.2 Å². The molecule has 0 bridgehead atoms. The van der Waals surface area contributed by atoms with Crippen LogP contribution >= 0.6 is 23.2 Å². The van der Waals surface area contributed by atoms with E-state index in [-0.39, 0.29) is 31.0 Å². The van der Waals surface area contributed by atoms with Crippen LogP contribution in [-0.4, -0.2) is 106 Å². The predicted molar refractivity (Wildman–Crippen MR) is 239 cm³/mol. The van der Waals surface area contributed by atoms with Crippen molar-refractivity contribution in [3.8, 4) is 39.6 Å². The summed E-state index contributed by atoms with van der Waals surface area (Å²) in [4.78, 5) is 71.8. The number of benzene rings is 2. The Balaban J connectivity index is 1.22. The number of aromatic nitrogens is 3. The minimum atomic E-state index is -1.18. The van der Waals surface area contributed by atoms with Crippen LogP contribution in [-0.2, 0) is 35.2 Å². The molecule has 0 radical (unpaired) electrons. The molecule has 342 valence electrons. The molecule has 1 saturated heterocycles. The van der Waals surface area contributed by atoms with Crippen molar-refractivity contribution in [2.45, 2.75) is 97.6 Å². The summed E-state index contributed by atoms with van der Waals surface area (Å²) in [7, 11) is 1.52. The van der Waals surface area contributed by atoms with E-state index in [1.165, 1.54) is 13.3 Å². The lowest BCUT2D eigenvalue weighted by Gasteiger charge is -2.41. The molecule has 1 atom stereocenters. The molecule has 4 heterocycles. The van der Waals surface area contributed by atoms with Crippen molar-refractivity contribution < 1.29 is 47.7 Å².